The fourth-order valence-electron chi connectivity index (χ4n) is 7.63. The van der Waals surface area contributed by atoms with E-state index in [-0.39, 0.29) is 0 Å². The van der Waals surface area contributed by atoms with Gasteiger partial charge in [0.1, 0.15) is 0 Å². The first-order valence-corrected chi connectivity index (χ1v) is 9.82. The van der Waals surface area contributed by atoms with E-state index in [0.29, 0.717) is 23.5 Å². The molecule has 5 aliphatic heterocycles. The maximum Gasteiger partial charge on any atom is 0.0646 e. The largest absolute Gasteiger partial charge is 0.377 e. The SMILES string of the molecule is C1=C2CCO[C@H]3CCN4c5ccccc5[C@@]56CCN1[C@@H]5C[C@@H]2[C@@H]3[C@H]46. The molecule has 24 heavy (non-hydrogen) atoms. The summed E-state index contributed by atoms with van der Waals surface area (Å²) in [6.07, 6.45) is 8.12. The van der Waals surface area contributed by atoms with Crippen molar-refractivity contribution in [3.63, 3.8) is 0 Å². The summed E-state index contributed by atoms with van der Waals surface area (Å²) in [6, 6.07) is 10.7. The van der Waals surface area contributed by atoms with E-state index in [2.05, 4.69) is 40.3 Å². The Labute approximate surface area is 143 Å². The molecule has 6 atom stereocenters. The third-order valence-corrected chi connectivity index (χ3v) is 8.28. The van der Waals surface area contributed by atoms with E-state index in [1.807, 2.05) is 0 Å². The lowest BCUT2D eigenvalue weighted by atomic mass is 9.54. The normalized spacial score (nSPS) is 46.5. The highest BCUT2D eigenvalue weighted by molar-refractivity contribution is 5.67. The average Bonchev–Trinajstić information content (AvgIpc) is 3.08. The second-order valence-corrected chi connectivity index (χ2v) is 8.77. The maximum atomic E-state index is 6.44. The van der Waals surface area contributed by atoms with Crippen LogP contribution in [0.5, 0.6) is 0 Å². The van der Waals surface area contributed by atoms with Crippen molar-refractivity contribution in [1.82, 2.24) is 4.90 Å². The Morgan fingerprint density at radius 2 is 2.12 bits per heavy atom. The molecular weight excluding hydrogens is 296 g/mol. The van der Waals surface area contributed by atoms with Gasteiger partial charge in [0.25, 0.3) is 0 Å². The van der Waals surface area contributed by atoms with Crippen molar-refractivity contribution in [2.45, 2.75) is 49.3 Å². The average molecular weight is 320 g/mol. The minimum absolute atomic E-state index is 0.353. The van der Waals surface area contributed by atoms with Crippen LogP contribution in [0, 0.1) is 11.8 Å². The van der Waals surface area contributed by atoms with Crippen LogP contribution in [0.15, 0.2) is 36.0 Å². The molecule has 0 unspecified atom stereocenters. The lowest BCUT2D eigenvalue weighted by molar-refractivity contribution is -0.0489. The molecule has 5 heterocycles. The lowest BCUT2D eigenvalue weighted by Gasteiger charge is -2.58. The van der Waals surface area contributed by atoms with Crippen molar-refractivity contribution in [2.24, 2.45) is 11.8 Å². The molecule has 6 aliphatic rings. The van der Waals surface area contributed by atoms with Gasteiger partial charge in [-0.2, -0.15) is 0 Å². The predicted molar refractivity (Wildman–Crippen MR) is 93.0 cm³/mol. The number of anilines is 1. The van der Waals surface area contributed by atoms with Gasteiger partial charge in [-0.15, -0.1) is 0 Å². The van der Waals surface area contributed by atoms with Gasteiger partial charge in [-0.25, -0.2) is 0 Å². The van der Waals surface area contributed by atoms with Crippen LogP contribution in [0.4, 0.5) is 5.69 Å². The highest BCUT2D eigenvalue weighted by Gasteiger charge is 2.69. The van der Waals surface area contributed by atoms with Crippen molar-refractivity contribution in [3.05, 3.63) is 41.6 Å². The van der Waals surface area contributed by atoms with E-state index in [1.165, 1.54) is 32.4 Å². The zero-order valence-electron chi connectivity index (χ0n) is 14.0. The summed E-state index contributed by atoms with van der Waals surface area (Å²) < 4.78 is 6.44. The molecule has 1 saturated carbocycles. The molecule has 3 saturated heterocycles. The summed E-state index contributed by atoms with van der Waals surface area (Å²) in [5.74, 6) is 1.48. The number of hydrogen-bond acceptors (Lipinski definition) is 3. The summed E-state index contributed by atoms with van der Waals surface area (Å²) in [4.78, 5) is 5.52. The molecule has 1 aromatic carbocycles. The third kappa shape index (κ3) is 1.21. The zero-order valence-corrected chi connectivity index (χ0v) is 14.0. The van der Waals surface area contributed by atoms with Crippen LogP contribution < -0.4 is 4.90 Å². The first-order valence-electron chi connectivity index (χ1n) is 9.82. The molecule has 7 rings (SSSR count). The van der Waals surface area contributed by atoms with Crippen molar-refractivity contribution in [3.8, 4) is 0 Å². The second kappa shape index (κ2) is 4.01. The van der Waals surface area contributed by atoms with Gasteiger partial charge in [-0.05, 0) is 55.0 Å². The van der Waals surface area contributed by atoms with E-state index in [0.717, 1.165) is 25.0 Å². The fourth-order valence-corrected chi connectivity index (χ4v) is 7.63. The van der Waals surface area contributed by atoms with Gasteiger partial charge in [-0.3, -0.25) is 0 Å². The fraction of sp³-hybridized carbons (Fsp3) is 0.619. The Bertz CT molecular complexity index is 773. The standard InChI is InChI=1S/C21H24N2O/c1-2-4-16-15(3-1)21-7-9-22-12-13-6-10-24-17-5-8-23(16)20(21)19(17)14(13)11-18(21)22/h1-4,12,14,17-20H,5-11H2/t14-,17-,18+,19-,20-,21-/m0/s1. The maximum absolute atomic E-state index is 6.44. The lowest BCUT2D eigenvalue weighted by Crippen LogP contribution is -2.66. The van der Waals surface area contributed by atoms with Gasteiger partial charge in [0.05, 0.1) is 12.7 Å². The van der Waals surface area contributed by atoms with E-state index in [9.17, 15) is 0 Å². The molecule has 0 N–H and O–H groups in total. The Morgan fingerprint density at radius 3 is 3.12 bits per heavy atom. The van der Waals surface area contributed by atoms with E-state index in [4.69, 9.17) is 4.74 Å². The van der Waals surface area contributed by atoms with Crippen LogP contribution in [-0.2, 0) is 10.2 Å². The van der Waals surface area contributed by atoms with Gasteiger partial charge >= 0.3 is 0 Å². The number of piperidine rings is 1. The number of nitrogens with zero attached hydrogens (tertiary/aromatic N) is 2. The summed E-state index contributed by atoms with van der Waals surface area (Å²) >= 11 is 0. The molecule has 4 fully saturated rings. The molecule has 0 aromatic heterocycles. The first kappa shape index (κ1) is 12.8. The van der Waals surface area contributed by atoms with Crippen LogP contribution in [0.25, 0.3) is 0 Å². The highest BCUT2D eigenvalue weighted by Crippen LogP contribution is 2.65. The monoisotopic (exact) mass is 320 g/mol. The van der Waals surface area contributed by atoms with Gasteiger partial charge in [0, 0.05) is 42.2 Å². The first-order chi connectivity index (χ1) is 11.9. The second-order valence-electron chi connectivity index (χ2n) is 8.77. The molecule has 3 nitrogen and oxygen atoms in total. The van der Waals surface area contributed by atoms with E-state index >= 15 is 0 Å². The van der Waals surface area contributed by atoms with Crippen LogP contribution in [0.2, 0.25) is 0 Å². The minimum Gasteiger partial charge on any atom is -0.377 e. The molecule has 3 heteroatoms. The number of fused-ring (bicyclic) bond motifs is 2. The Kier molecular flexibility index (Phi) is 2.14. The smallest absolute Gasteiger partial charge is 0.0646 e. The molecule has 2 bridgehead atoms. The number of para-hydroxylation sites is 1. The predicted octanol–water partition coefficient (Wildman–Crippen LogP) is 2.91. The van der Waals surface area contributed by atoms with Crippen molar-refractivity contribution in [2.75, 3.05) is 24.6 Å². The molecule has 124 valence electrons. The molecule has 1 aliphatic carbocycles. The van der Waals surface area contributed by atoms with E-state index < -0.39 is 0 Å². The Morgan fingerprint density at radius 1 is 1.17 bits per heavy atom. The van der Waals surface area contributed by atoms with Gasteiger partial charge in [-0.1, -0.05) is 18.2 Å². The Balaban J connectivity index is 1.54. The van der Waals surface area contributed by atoms with Crippen LogP contribution in [0.3, 0.4) is 0 Å². The van der Waals surface area contributed by atoms with Crippen LogP contribution in [-0.4, -0.2) is 42.8 Å². The van der Waals surface area contributed by atoms with Gasteiger partial charge < -0.3 is 14.5 Å². The Hall–Kier alpha value is -1.48. The van der Waals surface area contributed by atoms with E-state index in [1.54, 1.807) is 16.8 Å². The van der Waals surface area contributed by atoms with Crippen molar-refractivity contribution < 1.29 is 4.74 Å². The third-order valence-electron chi connectivity index (χ3n) is 8.28. The minimum atomic E-state index is 0.353. The van der Waals surface area contributed by atoms with Gasteiger partial charge in [0.2, 0.25) is 0 Å². The highest BCUT2D eigenvalue weighted by atomic mass is 16.5. The summed E-state index contributed by atoms with van der Waals surface area (Å²) in [6.45, 7) is 3.37. The summed E-state index contributed by atoms with van der Waals surface area (Å²) in [5, 5.41) is 0. The number of rotatable bonds is 0. The van der Waals surface area contributed by atoms with Crippen LogP contribution >= 0.6 is 0 Å². The van der Waals surface area contributed by atoms with Gasteiger partial charge in [0.15, 0.2) is 0 Å². The zero-order chi connectivity index (χ0) is 15.5. The molecule has 1 aromatic rings. The van der Waals surface area contributed by atoms with Crippen LogP contribution in [0.1, 0.15) is 31.2 Å². The number of ether oxygens (including phenoxy) is 1. The number of benzene rings is 1. The number of hydrogen-bond donors (Lipinski definition) is 0. The topological polar surface area (TPSA) is 15.7 Å². The molecule has 1 spiro atoms. The molecule has 0 amide bonds. The molecular formula is C21H24N2O. The van der Waals surface area contributed by atoms with Crippen molar-refractivity contribution in [1.29, 1.82) is 0 Å². The molecule has 0 radical (unpaired) electrons. The van der Waals surface area contributed by atoms with Crippen molar-refractivity contribution >= 4 is 5.69 Å². The summed E-state index contributed by atoms with van der Waals surface area (Å²) in [5.41, 5.74) is 5.25. The quantitative estimate of drug-likeness (QED) is 0.731. The summed E-state index contributed by atoms with van der Waals surface area (Å²) in [7, 11) is 0.